The van der Waals surface area contributed by atoms with Crippen molar-refractivity contribution in [1.29, 1.82) is 0 Å². The lowest BCUT2D eigenvalue weighted by atomic mass is 10.1. The highest BCUT2D eigenvalue weighted by molar-refractivity contribution is 7.99. The summed E-state index contributed by atoms with van der Waals surface area (Å²) in [7, 11) is -1.38. The van der Waals surface area contributed by atoms with Crippen LogP contribution in [-0.2, 0) is 21.1 Å². The topological polar surface area (TPSA) is 98.1 Å². The number of benzene rings is 1. The van der Waals surface area contributed by atoms with Crippen molar-refractivity contribution in [2.45, 2.75) is 31.0 Å². The van der Waals surface area contributed by atoms with E-state index in [1.165, 1.54) is 17.3 Å². The minimum Gasteiger partial charge on any atom is -0.341 e. The van der Waals surface area contributed by atoms with Gasteiger partial charge >= 0.3 is 0 Å². The summed E-state index contributed by atoms with van der Waals surface area (Å²) >= 11 is 1.30. The molecule has 0 bridgehead atoms. The highest BCUT2D eigenvalue weighted by atomic mass is 32.2. The van der Waals surface area contributed by atoms with E-state index in [-0.39, 0.29) is 29.2 Å². The molecule has 3 aromatic rings. The van der Waals surface area contributed by atoms with Crippen molar-refractivity contribution in [1.82, 2.24) is 24.6 Å². The van der Waals surface area contributed by atoms with Gasteiger partial charge in [-0.15, -0.1) is 10.2 Å². The van der Waals surface area contributed by atoms with Gasteiger partial charge in [-0.2, -0.15) is 0 Å². The van der Waals surface area contributed by atoms with Crippen LogP contribution in [0.25, 0.3) is 17.1 Å². The van der Waals surface area contributed by atoms with Gasteiger partial charge < -0.3 is 4.90 Å². The number of hydrogen-bond acceptors (Lipinski definition) is 7. The second-order valence-corrected chi connectivity index (χ2v) is 10.9. The first-order chi connectivity index (χ1) is 15.4. The molecule has 1 fully saturated rings. The molecule has 1 aromatic carbocycles. The molecule has 3 heterocycles. The maximum Gasteiger partial charge on any atom is 0.233 e. The van der Waals surface area contributed by atoms with Gasteiger partial charge in [0.2, 0.25) is 5.91 Å². The Morgan fingerprint density at radius 1 is 1.16 bits per heavy atom. The first kappa shape index (κ1) is 22.5. The van der Waals surface area contributed by atoms with E-state index in [0.29, 0.717) is 17.4 Å². The van der Waals surface area contributed by atoms with Crippen LogP contribution in [0.15, 0.2) is 53.9 Å². The quantitative estimate of drug-likeness (QED) is 0.489. The van der Waals surface area contributed by atoms with Gasteiger partial charge in [0, 0.05) is 36.7 Å². The van der Waals surface area contributed by atoms with Crippen molar-refractivity contribution in [2.75, 3.05) is 24.3 Å². The summed E-state index contributed by atoms with van der Waals surface area (Å²) < 4.78 is 25.5. The third-order valence-electron chi connectivity index (χ3n) is 5.65. The summed E-state index contributed by atoms with van der Waals surface area (Å²) in [5.41, 5.74) is 3.01. The molecule has 0 aliphatic carbocycles. The second-order valence-electron chi connectivity index (χ2n) is 7.75. The highest BCUT2D eigenvalue weighted by Gasteiger charge is 2.32. The molecule has 4 rings (SSSR count). The lowest BCUT2D eigenvalue weighted by molar-refractivity contribution is -0.128. The minimum absolute atomic E-state index is 0.0338. The van der Waals surface area contributed by atoms with Crippen molar-refractivity contribution in [3.63, 3.8) is 0 Å². The number of carbonyl (C=O) groups is 1. The maximum absolute atomic E-state index is 12.8. The fourth-order valence-corrected chi connectivity index (χ4v) is 6.33. The molecule has 2 aromatic heterocycles. The van der Waals surface area contributed by atoms with Crippen molar-refractivity contribution < 1.29 is 13.2 Å². The fraction of sp³-hybridized carbons (Fsp3) is 0.364. The van der Waals surface area contributed by atoms with E-state index in [1.54, 1.807) is 24.3 Å². The number of thioether (sulfide) groups is 1. The third-order valence-corrected chi connectivity index (χ3v) is 8.31. The zero-order chi connectivity index (χ0) is 22.7. The molecular weight excluding hydrogens is 446 g/mol. The summed E-state index contributed by atoms with van der Waals surface area (Å²) in [5, 5.41) is 9.34. The lowest BCUT2D eigenvalue weighted by Crippen LogP contribution is -2.38. The molecule has 0 N–H and O–H groups in total. The van der Waals surface area contributed by atoms with Gasteiger partial charge in [0.25, 0.3) is 0 Å². The monoisotopic (exact) mass is 471 g/mol. The average Bonchev–Trinajstić information content (AvgIpc) is 3.40. The molecule has 1 aliphatic heterocycles. The van der Waals surface area contributed by atoms with E-state index in [4.69, 9.17) is 0 Å². The summed E-state index contributed by atoms with van der Waals surface area (Å²) in [5.74, 6) is 0.862. The average molecular weight is 472 g/mol. The van der Waals surface area contributed by atoms with Crippen molar-refractivity contribution in [2.24, 2.45) is 0 Å². The van der Waals surface area contributed by atoms with E-state index in [9.17, 15) is 13.2 Å². The Balaban J connectivity index is 1.58. The number of aromatic nitrogens is 4. The molecule has 1 aliphatic rings. The molecule has 0 saturated carbocycles. The predicted octanol–water partition coefficient (Wildman–Crippen LogP) is 2.63. The van der Waals surface area contributed by atoms with Gasteiger partial charge in [0.05, 0.1) is 17.3 Å². The van der Waals surface area contributed by atoms with Gasteiger partial charge in [0.1, 0.15) is 0 Å². The third kappa shape index (κ3) is 4.86. The van der Waals surface area contributed by atoms with Crippen LogP contribution in [0.2, 0.25) is 0 Å². The van der Waals surface area contributed by atoms with Crippen LogP contribution in [0.3, 0.4) is 0 Å². The Kier molecular flexibility index (Phi) is 6.61. The van der Waals surface area contributed by atoms with Crippen LogP contribution in [0.5, 0.6) is 0 Å². The first-order valence-electron chi connectivity index (χ1n) is 10.4. The fourth-order valence-electron chi connectivity index (χ4n) is 3.68. The minimum atomic E-state index is -3.05. The SMILES string of the molecule is CCc1ccc(-n2c(SCC(=O)N(C)C3CCS(=O)(=O)C3)nnc2-c2ccncc2)cc1. The highest BCUT2D eigenvalue weighted by Crippen LogP contribution is 2.28. The van der Waals surface area contributed by atoms with Crippen LogP contribution in [0.1, 0.15) is 18.9 Å². The largest absolute Gasteiger partial charge is 0.341 e. The summed E-state index contributed by atoms with van der Waals surface area (Å²) in [6, 6.07) is 11.7. The first-order valence-corrected chi connectivity index (χ1v) is 13.2. The molecule has 168 valence electrons. The van der Waals surface area contributed by atoms with Gasteiger partial charge in [-0.05, 0) is 42.7 Å². The van der Waals surface area contributed by atoms with Gasteiger partial charge in [-0.3, -0.25) is 14.3 Å². The smallest absolute Gasteiger partial charge is 0.233 e. The molecule has 32 heavy (non-hydrogen) atoms. The Labute approximate surface area is 192 Å². The van der Waals surface area contributed by atoms with Crippen LogP contribution >= 0.6 is 11.8 Å². The number of carbonyl (C=O) groups excluding carboxylic acids is 1. The summed E-state index contributed by atoms with van der Waals surface area (Å²) in [4.78, 5) is 18.4. The van der Waals surface area contributed by atoms with Crippen molar-refractivity contribution in [3.8, 4) is 17.1 Å². The van der Waals surface area contributed by atoms with Crippen LogP contribution in [0, 0.1) is 0 Å². The van der Waals surface area contributed by atoms with Crippen molar-refractivity contribution >= 4 is 27.5 Å². The van der Waals surface area contributed by atoms with Gasteiger partial charge in [-0.25, -0.2) is 8.42 Å². The van der Waals surface area contributed by atoms with Gasteiger partial charge in [0.15, 0.2) is 20.8 Å². The number of sulfone groups is 1. The van der Waals surface area contributed by atoms with Gasteiger partial charge in [-0.1, -0.05) is 30.8 Å². The molecule has 8 nitrogen and oxygen atoms in total. The number of nitrogens with zero attached hydrogens (tertiary/aromatic N) is 5. The number of hydrogen-bond donors (Lipinski definition) is 0. The van der Waals surface area contributed by atoms with E-state index in [1.807, 2.05) is 28.8 Å². The lowest BCUT2D eigenvalue weighted by Gasteiger charge is -2.23. The number of pyridine rings is 1. The Bertz CT molecular complexity index is 1190. The number of rotatable bonds is 7. The second kappa shape index (κ2) is 9.41. The molecule has 0 spiro atoms. The standard InChI is InChI=1S/C22H25N5O3S2/c1-3-16-4-6-18(7-5-16)27-21(17-8-11-23-12-9-17)24-25-22(27)31-14-20(28)26(2)19-10-13-32(29,30)15-19/h4-9,11-12,19H,3,10,13-15H2,1-2H3. The maximum atomic E-state index is 12.8. The van der Waals surface area contributed by atoms with Crippen LogP contribution < -0.4 is 0 Å². The molecule has 10 heteroatoms. The van der Waals surface area contributed by atoms with E-state index >= 15 is 0 Å². The Morgan fingerprint density at radius 2 is 1.88 bits per heavy atom. The number of aryl methyl sites for hydroxylation is 1. The Morgan fingerprint density at radius 3 is 2.50 bits per heavy atom. The van der Waals surface area contributed by atoms with Crippen molar-refractivity contribution in [3.05, 3.63) is 54.4 Å². The van der Waals surface area contributed by atoms with Crippen LogP contribution in [-0.4, -0.2) is 69.3 Å². The predicted molar refractivity (Wildman–Crippen MR) is 125 cm³/mol. The normalized spacial score (nSPS) is 17.4. The van der Waals surface area contributed by atoms with Crippen LogP contribution in [0.4, 0.5) is 0 Å². The summed E-state index contributed by atoms with van der Waals surface area (Å²) in [6.45, 7) is 2.11. The zero-order valence-corrected chi connectivity index (χ0v) is 19.6. The summed E-state index contributed by atoms with van der Waals surface area (Å²) in [6.07, 6.45) is 4.84. The number of amides is 1. The van der Waals surface area contributed by atoms with E-state index in [2.05, 4.69) is 34.2 Å². The zero-order valence-electron chi connectivity index (χ0n) is 18.0. The van der Waals surface area contributed by atoms with E-state index in [0.717, 1.165) is 17.7 Å². The Hall–Kier alpha value is -2.72. The molecule has 1 atom stereocenters. The molecule has 0 radical (unpaired) electrons. The molecule has 1 saturated heterocycles. The molecule has 1 unspecified atom stereocenters. The molecular formula is C22H25N5O3S2. The molecule has 1 amide bonds. The van der Waals surface area contributed by atoms with E-state index < -0.39 is 9.84 Å².